The lowest BCUT2D eigenvalue weighted by molar-refractivity contribution is 0.110. The Hall–Kier alpha value is -2.73. The zero-order valence-corrected chi connectivity index (χ0v) is 17.5. The van der Waals surface area contributed by atoms with Gasteiger partial charge in [-0.3, -0.25) is 5.32 Å². The number of nitrogens with zero attached hydrogens (tertiary/aromatic N) is 5. The predicted molar refractivity (Wildman–Crippen MR) is 108 cm³/mol. The molecule has 30 heavy (non-hydrogen) atoms. The molecule has 0 aliphatic carbocycles. The maximum Gasteiger partial charge on any atom is 0.247 e. The molecule has 1 saturated heterocycles. The van der Waals surface area contributed by atoms with Crippen molar-refractivity contribution < 1.29 is 17.9 Å². The molecule has 10 nitrogen and oxygen atoms in total. The van der Waals surface area contributed by atoms with Crippen molar-refractivity contribution in [2.24, 2.45) is 0 Å². The van der Waals surface area contributed by atoms with Gasteiger partial charge in [0.15, 0.2) is 6.23 Å². The molecule has 12 heteroatoms. The average molecular weight is 451 g/mol. The highest BCUT2D eigenvalue weighted by molar-refractivity contribution is 7.89. The van der Waals surface area contributed by atoms with Crippen molar-refractivity contribution in [3.05, 3.63) is 53.8 Å². The first-order valence-electron chi connectivity index (χ1n) is 9.04. The molecule has 2 heterocycles. The van der Waals surface area contributed by atoms with Crippen molar-refractivity contribution >= 4 is 21.6 Å². The highest BCUT2D eigenvalue weighted by atomic mass is 35.5. The normalized spacial score (nSPS) is 17.6. The fourth-order valence-electron chi connectivity index (χ4n) is 3.10. The molecule has 0 spiro atoms. The van der Waals surface area contributed by atoms with Gasteiger partial charge in [0.25, 0.3) is 0 Å². The summed E-state index contributed by atoms with van der Waals surface area (Å²) in [6.45, 7) is 0.873. The molecule has 0 bridgehead atoms. The van der Waals surface area contributed by atoms with E-state index >= 15 is 0 Å². The molecule has 3 aromatic rings. The first-order chi connectivity index (χ1) is 14.5. The topological polar surface area (TPSA) is 111 Å². The number of piperazine rings is 1. The van der Waals surface area contributed by atoms with Crippen molar-refractivity contribution in [2.75, 3.05) is 26.7 Å². The molecule has 2 aromatic carbocycles. The number of tetrazole rings is 1. The standard InChI is InChI=1S/C18H19ClN6O4S/c1-28-16-7-2-13(19)10-17(16)30(26,27)24-9-8-20-18(11-24)29-15-5-3-14(4-6-15)25-12-21-22-23-25/h2-7,10,12,18,20H,8-9,11H2,1H3. The van der Waals surface area contributed by atoms with Crippen LogP contribution in [-0.4, -0.2) is 65.9 Å². The van der Waals surface area contributed by atoms with E-state index in [1.54, 1.807) is 30.3 Å². The Labute approximate surface area is 178 Å². The highest BCUT2D eigenvalue weighted by Crippen LogP contribution is 2.30. The fourth-order valence-corrected chi connectivity index (χ4v) is 4.96. The number of aromatic nitrogens is 4. The van der Waals surface area contributed by atoms with Gasteiger partial charge in [-0.1, -0.05) is 11.6 Å². The smallest absolute Gasteiger partial charge is 0.247 e. The molecule has 0 radical (unpaired) electrons. The minimum absolute atomic E-state index is 0.0314. The van der Waals surface area contributed by atoms with Gasteiger partial charge in [-0.05, 0) is 52.9 Å². The van der Waals surface area contributed by atoms with Crippen LogP contribution in [0, 0.1) is 0 Å². The van der Waals surface area contributed by atoms with Crippen LogP contribution in [0.25, 0.3) is 5.69 Å². The molecular weight excluding hydrogens is 432 g/mol. The zero-order chi connectivity index (χ0) is 21.1. The van der Waals surface area contributed by atoms with Gasteiger partial charge >= 0.3 is 0 Å². The van der Waals surface area contributed by atoms with Crippen molar-refractivity contribution in [3.8, 4) is 17.2 Å². The van der Waals surface area contributed by atoms with E-state index in [1.807, 2.05) is 0 Å². The molecule has 1 aliphatic rings. The van der Waals surface area contributed by atoms with E-state index in [0.29, 0.717) is 23.9 Å². The number of hydrogen-bond donors (Lipinski definition) is 1. The Morgan fingerprint density at radius 3 is 2.70 bits per heavy atom. The summed E-state index contributed by atoms with van der Waals surface area (Å²) in [4.78, 5) is 0.0314. The second-order valence-corrected chi connectivity index (χ2v) is 8.81. The van der Waals surface area contributed by atoms with Gasteiger partial charge in [0.05, 0.1) is 19.3 Å². The molecule has 1 aliphatic heterocycles. The minimum Gasteiger partial charge on any atom is -0.495 e. The van der Waals surface area contributed by atoms with Crippen molar-refractivity contribution in [1.29, 1.82) is 0 Å². The van der Waals surface area contributed by atoms with E-state index in [9.17, 15) is 8.42 Å². The Bertz CT molecular complexity index is 1110. The molecule has 1 unspecified atom stereocenters. The molecule has 1 atom stereocenters. The fraction of sp³-hybridized carbons (Fsp3) is 0.278. The van der Waals surface area contributed by atoms with Crippen LogP contribution in [-0.2, 0) is 10.0 Å². The third kappa shape index (κ3) is 4.24. The number of hydrogen-bond acceptors (Lipinski definition) is 8. The lowest BCUT2D eigenvalue weighted by Gasteiger charge is -2.33. The van der Waals surface area contributed by atoms with Crippen LogP contribution in [0.15, 0.2) is 53.7 Å². The Morgan fingerprint density at radius 1 is 1.20 bits per heavy atom. The van der Waals surface area contributed by atoms with Crippen molar-refractivity contribution in [3.63, 3.8) is 0 Å². The largest absolute Gasteiger partial charge is 0.495 e. The molecular formula is C18H19ClN6O4S. The molecule has 4 rings (SSSR count). The average Bonchev–Trinajstić information content (AvgIpc) is 3.29. The predicted octanol–water partition coefficient (Wildman–Crippen LogP) is 1.32. The van der Waals surface area contributed by atoms with Crippen LogP contribution in [0.3, 0.4) is 0 Å². The SMILES string of the molecule is COc1ccc(Cl)cc1S(=O)(=O)N1CCNC(Oc2ccc(-n3cnnn3)cc2)C1. The molecule has 1 aromatic heterocycles. The third-order valence-corrected chi connectivity index (χ3v) is 6.70. The van der Waals surface area contributed by atoms with E-state index in [0.717, 1.165) is 5.69 Å². The minimum atomic E-state index is -3.81. The van der Waals surface area contributed by atoms with Gasteiger partial charge < -0.3 is 9.47 Å². The molecule has 158 valence electrons. The lowest BCUT2D eigenvalue weighted by Crippen LogP contribution is -2.54. The monoisotopic (exact) mass is 450 g/mol. The second-order valence-electron chi connectivity index (χ2n) is 6.47. The number of sulfonamides is 1. The number of methoxy groups -OCH3 is 1. The number of nitrogens with one attached hydrogen (secondary N) is 1. The Kier molecular flexibility index (Phi) is 5.86. The van der Waals surface area contributed by atoms with Crippen molar-refractivity contribution in [2.45, 2.75) is 11.1 Å². The molecule has 1 fully saturated rings. The summed E-state index contributed by atoms with van der Waals surface area (Å²) >= 11 is 6.01. The number of halogens is 1. The molecule has 0 saturated carbocycles. The van der Waals surface area contributed by atoms with Gasteiger partial charge in [0.2, 0.25) is 10.0 Å². The van der Waals surface area contributed by atoms with Crippen LogP contribution in [0.2, 0.25) is 5.02 Å². The summed E-state index contributed by atoms with van der Waals surface area (Å²) in [5.41, 5.74) is 0.779. The lowest BCUT2D eigenvalue weighted by atomic mass is 10.3. The van der Waals surface area contributed by atoms with E-state index in [1.165, 1.54) is 34.6 Å². The van der Waals surface area contributed by atoms with Crippen LogP contribution in [0.4, 0.5) is 0 Å². The first-order valence-corrected chi connectivity index (χ1v) is 10.9. The van der Waals surface area contributed by atoms with Crippen LogP contribution in [0.5, 0.6) is 11.5 Å². The number of rotatable bonds is 6. The van der Waals surface area contributed by atoms with Crippen molar-refractivity contribution in [1.82, 2.24) is 29.8 Å². The summed E-state index contributed by atoms with van der Waals surface area (Å²) in [5.74, 6) is 0.831. The third-order valence-electron chi connectivity index (χ3n) is 4.57. The summed E-state index contributed by atoms with van der Waals surface area (Å²) in [7, 11) is -2.39. The Morgan fingerprint density at radius 2 is 2.00 bits per heavy atom. The van der Waals surface area contributed by atoms with E-state index < -0.39 is 16.3 Å². The van der Waals surface area contributed by atoms with Gasteiger partial charge in [-0.2, -0.15) is 4.31 Å². The number of benzene rings is 2. The summed E-state index contributed by atoms with van der Waals surface area (Å²) in [6.07, 6.45) is 0.975. The van der Waals surface area contributed by atoms with Crippen LogP contribution < -0.4 is 14.8 Å². The quantitative estimate of drug-likeness (QED) is 0.598. The maximum absolute atomic E-state index is 13.2. The molecule has 0 amide bonds. The summed E-state index contributed by atoms with van der Waals surface area (Å²) in [6, 6.07) is 11.7. The van der Waals surface area contributed by atoms with Gasteiger partial charge in [0, 0.05) is 18.1 Å². The number of ether oxygens (including phenoxy) is 2. The van der Waals surface area contributed by atoms with Gasteiger partial charge in [-0.25, -0.2) is 13.1 Å². The summed E-state index contributed by atoms with van der Waals surface area (Å²) < 4.78 is 40.4. The van der Waals surface area contributed by atoms with Crippen LogP contribution >= 0.6 is 11.6 Å². The zero-order valence-electron chi connectivity index (χ0n) is 16.0. The van der Waals surface area contributed by atoms with Gasteiger partial charge in [0.1, 0.15) is 22.7 Å². The van der Waals surface area contributed by atoms with E-state index in [2.05, 4.69) is 20.8 Å². The maximum atomic E-state index is 13.2. The highest BCUT2D eigenvalue weighted by Gasteiger charge is 2.33. The Balaban J connectivity index is 1.49. The first kappa shape index (κ1) is 20.5. The second kappa shape index (κ2) is 8.56. The van der Waals surface area contributed by atoms with E-state index in [4.69, 9.17) is 21.1 Å². The van der Waals surface area contributed by atoms with Crippen LogP contribution in [0.1, 0.15) is 0 Å². The van der Waals surface area contributed by atoms with Gasteiger partial charge in [-0.15, -0.1) is 5.10 Å². The molecule has 1 N–H and O–H groups in total. The van der Waals surface area contributed by atoms with E-state index in [-0.39, 0.29) is 17.2 Å². The summed E-state index contributed by atoms with van der Waals surface area (Å²) in [5, 5.41) is 14.5.